The number of hydrogen-bond acceptors (Lipinski definition) is 5. The highest BCUT2D eigenvalue weighted by Gasteiger charge is 2.34. The van der Waals surface area contributed by atoms with E-state index < -0.39 is 17.8 Å². The van der Waals surface area contributed by atoms with Crippen molar-refractivity contribution in [2.75, 3.05) is 11.5 Å². The van der Waals surface area contributed by atoms with E-state index in [0.717, 1.165) is 0 Å². The van der Waals surface area contributed by atoms with Gasteiger partial charge < -0.3 is 15.6 Å². The highest BCUT2D eigenvalue weighted by Crippen LogP contribution is 2.33. The van der Waals surface area contributed by atoms with Crippen molar-refractivity contribution in [2.45, 2.75) is 6.54 Å². The molecule has 1 aliphatic heterocycles. The molecule has 2 amide bonds. The minimum Gasteiger partial charge on any atom is -0.482 e. The van der Waals surface area contributed by atoms with Gasteiger partial charge in [0.05, 0.1) is 5.69 Å². The Balaban J connectivity index is 2.52. The third-order valence-corrected chi connectivity index (χ3v) is 2.49. The van der Waals surface area contributed by atoms with Crippen LogP contribution in [0.3, 0.4) is 0 Å². The van der Waals surface area contributed by atoms with Gasteiger partial charge in [0.15, 0.2) is 6.61 Å². The van der Waals surface area contributed by atoms with E-state index >= 15 is 0 Å². The fourth-order valence-electron chi connectivity index (χ4n) is 1.64. The van der Waals surface area contributed by atoms with Gasteiger partial charge in [-0.3, -0.25) is 9.59 Å². The van der Waals surface area contributed by atoms with Crippen molar-refractivity contribution in [3.8, 4) is 5.75 Å². The second-order valence-corrected chi connectivity index (χ2v) is 3.63. The molecule has 0 atom stereocenters. The van der Waals surface area contributed by atoms with Crippen LogP contribution in [-0.4, -0.2) is 29.5 Å². The predicted octanol–water partition coefficient (Wildman–Crippen LogP) is -0.518. The zero-order chi connectivity index (χ0) is 13.3. The Morgan fingerprint density at radius 1 is 1.44 bits per heavy atom. The Labute approximate surface area is 102 Å². The maximum absolute atomic E-state index is 11.6. The quantitative estimate of drug-likeness (QED) is 0.649. The number of nitrogens with zero attached hydrogens (tertiary/aromatic N) is 1. The third kappa shape index (κ3) is 1.91. The topological polar surface area (TPSA) is 110 Å². The number of nitrogens with two attached hydrogens (primary N) is 1. The Morgan fingerprint density at radius 3 is 2.78 bits per heavy atom. The molecule has 1 aromatic rings. The molecule has 1 aliphatic rings. The van der Waals surface area contributed by atoms with Gasteiger partial charge in [-0.25, -0.2) is 9.69 Å². The van der Waals surface area contributed by atoms with Gasteiger partial charge >= 0.3 is 11.9 Å². The molecule has 2 rings (SSSR count). The van der Waals surface area contributed by atoms with E-state index in [1.165, 1.54) is 6.07 Å². The lowest BCUT2D eigenvalue weighted by Crippen LogP contribution is -2.46. The van der Waals surface area contributed by atoms with Crippen LogP contribution in [0, 0.1) is 0 Å². The summed E-state index contributed by atoms with van der Waals surface area (Å²) in [5, 5.41) is 8.70. The molecule has 0 spiro atoms. The maximum Gasteiger partial charge on any atom is 0.395 e. The lowest BCUT2D eigenvalue weighted by Gasteiger charge is -2.26. The molecule has 3 N–H and O–H groups in total. The number of anilines is 1. The SMILES string of the molecule is NCc1ccc2c(c1)N(C(=O)C(=O)O)C(=O)CO2. The van der Waals surface area contributed by atoms with Gasteiger partial charge in [0, 0.05) is 6.54 Å². The molecule has 1 aromatic carbocycles. The first-order chi connectivity index (χ1) is 8.54. The summed E-state index contributed by atoms with van der Waals surface area (Å²) in [5.74, 6) is -3.45. The van der Waals surface area contributed by atoms with E-state index in [4.69, 9.17) is 15.6 Å². The largest absolute Gasteiger partial charge is 0.482 e. The summed E-state index contributed by atoms with van der Waals surface area (Å²) in [5.41, 5.74) is 6.23. The van der Waals surface area contributed by atoms with Gasteiger partial charge in [-0.15, -0.1) is 0 Å². The zero-order valence-corrected chi connectivity index (χ0v) is 9.25. The Morgan fingerprint density at radius 2 is 2.17 bits per heavy atom. The van der Waals surface area contributed by atoms with Crippen molar-refractivity contribution in [1.82, 2.24) is 0 Å². The maximum atomic E-state index is 11.6. The fraction of sp³-hybridized carbons (Fsp3) is 0.182. The van der Waals surface area contributed by atoms with Crippen molar-refractivity contribution in [1.29, 1.82) is 0 Å². The second-order valence-electron chi connectivity index (χ2n) is 3.63. The number of rotatable bonds is 1. The number of carbonyl (C=O) groups is 3. The standard InChI is InChI=1S/C11H10N2O5/c12-4-6-1-2-8-7(3-6)13(9(14)5-18-8)10(15)11(16)17/h1-3H,4-5,12H2,(H,16,17). The number of benzene rings is 1. The van der Waals surface area contributed by atoms with Gasteiger partial charge in [0.25, 0.3) is 5.91 Å². The van der Waals surface area contributed by atoms with E-state index in [1.54, 1.807) is 12.1 Å². The van der Waals surface area contributed by atoms with Crippen LogP contribution in [-0.2, 0) is 20.9 Å². The van der Waals surface area contributed by atoms with Crippen molar-refractivity contribution in [2.24, 2.45) is 5.73 Å². The predicted molar refractivity (Wildman–Crippen MR) is 60.0 cm³/mol. The van der Waals surface area contributed by atoms with Crippen LogP contribution >= 0.6 is 0 Å². The molecule has 0 unspecified atom stereocenters. The van der Waals surface area contributed by atoms with E-state index in [2.05, 4.69) is 0 Å². The molecule has 7 nitrogen and oxygen atoms in total. The normalized spacial score (nSPS) is 13.8. The molecule has 0 radical (unpaired) electrons. The molecule has 0 bridgehead atoms. The average molecular weight is 250 g/mol. The van der Waals surface area contributed by atoms with Crippen molar-refractivity contribution in [3.63, 3.8) is 0 Å². The summed E-state index contributed by atoms with van der Waals surface area (Å²) in [4.78, 5) is 34.4. The van der Waals surface area contributed by atoms with Crippen LogP contribution in [0.4, 0.5) is 5.69 Å². The number of carboxylic acids is 1. The average Bonchev–Trinajstić information content (AvgIpc) is 2.37. The summed E-state index contributed by atoms with van der Waals surface area (Å²) < 4.78 is 5.12. The number of aliphatic carboxylic acids is 1. The van der Waals surface area contributed by atoms with Gasteiger partial charge in [0.2, 0.25) is 0 Å². The second kappa shape index (κ2) is 4.46. The Hall–Kier alpha value is -2.41. The fourth-order valence-corrected chi connectivity index (χ4v) is 1.64. The summed E-state index contributed by atoms with van der Waals surface area (Å²) >= 11 is 0. The number of carbonyl (C=O) groups excluding carboxylic acids is 2. The highest BCUT2D eigenvalue weighted by molar-refractivity contribution is 6.43. The van der Waals surface area contributed by atoms with Gasteiger partial charge in [0.1, 0.15) is 5.75 Å². The molecule has 0 fully saturated rings. The van der Waals surface area contributed by atoms with Crippen LogP contribution in [0.5, 0.6) is 5.75 Å². The third-order valence-electron chi connectivity index (χ3n) is 2.49. The van der Waals surface area contributed by atoms with Gasteiger partial charge in [-0.05, 0) is 17.7 Å². The monoisotopic (exact) mass is 250 g/mol. The van der Waals surface area contributed by atoms with Crippen molar-refractivity contribution >= 4 is 23.5 Å². The molecular formula is C11H10N2O5. The van der Waals surface area contributed by atoms with Gasteiger partial charge in [-0.1, -0.05) is 6.07 Å². The molecule has 1 heterocycles. The van der Waals surface area contributed by atoms with E-state index in [-0.39, 0.29) is 24.6 Å². The number of fused-ring (bicyclic) bond motifs is 1. The molecular weight excluding hydrogens is 240 g/mol. The number of imide groups is 1. The molecule has 0 aliphatic carbocycles. The van der Waals surface area contributed by atoms with Gasteiger partial charge in [-0.2, -0.15) is 0 Å². The van der Waals surface area contributed by atoms with Crippen LogP contribution < -0.4 is 15.4 Å². The first-order valence-electron chi connectivity index (χ1n) is 5.10. The summed E-state index contributed by atoms with van der Waals surface area (Å²) in [6.07, 6.45) is 0. The lowest BCUT2D eigenvalue weighted by atomic mass is 10.1. The smallest absolute Gasteiger partial charge is 0.395 e. The molecule has 94 valence electrons. The van der Waals surface area contributed by atoms with Crippen LogP contribution in [0.25, 0.3) is 0 Å². The Bertz CT molecular complexity index is 540. The van der Waals surface area contributed by atoms with Crippen molar-refractivity contribution in [3.05, 3.63) is 23.8 Å². The minimum atomic E-state index is -1.70. The number of hydrogen-bond donors (Lipinski definition) is 2. The van der Waals surface area contributed by atoms with Crippen molar-refractivity contribution < 1.29 is 24.2 Å². The van der Waals surface area contributed by atoms with E-state index in [0.29, 0.717) is 10.5 Å². The number of ether oxygens (including phenoxy) is 1. The van der Waals surface area contributed by atoms with E-state index in [1.807, 2.05) is 0 Å². The zero-order valence-electron chi connectivity index (χ0n) is 9.25. The summed E-state index contributed by atoms with van der Waals surface area (Å²) in [6, 6.07) is 4.69. The summed E-state index contributed by atoms with van der Waals surface area (Å²) in [7, 11) is 0. The summed E-state index contributed by atoms with van der Waals surface area (Å²) in [6.45, 7) is -0.162. The molecule has 18 heavy (non-hydrogen) atoms. The molecule has 0 aromatic heterocycles. The van der Waals surface area contributed by atoms with E-state index in [9.17, 15) is 14.4 Å². The highest BCUT2D eigenvalue weighted by atomic mass is 16.5. The number of carboxylic acid groups (broad SMARTS) is 1. The minimum absolute atomic E-state index is 0.113. The number of amides is 2. The molecule has 0 saturated heterocycles. The van der Waals surface area contributed by atoms with Crippen LogP contribution in [0.1, 0.15) is 5.56 Å². The lowest BCUT2D eigenvalue weighted by molar-refractivity contribution is -0.150. The van der Waals surface area contributed by atoms with Crippen LogP contribution in [0.2, 0.25) is 0 Å². The molecule has 7 heteroatoms. The first kappa shape index (κ1) is 12.1. The van der Waals surface area contributed by atoms with Crippen LogP contribution in [0.15, 0.2) is 18.2 Å². The Kier molecular flexibility index (Phi) is 2.99. The first-order valence-corrected chi connectivity index (χ1v) is 5.10. The molecule has 0 saturated carbocycles.